The van der Waals surface area contributed by atoms with Crippen LogP contribution in [0.15, 0.2) is 48.5 Å². The number of halogens is 1. The molecule has 0 spiro atoms. The standard InChI is InChI=1S/C20H18ClN3O5/c21-15-3-7-17(8-4-15)28-12-11-23-19(26)13-29-20(27)14-1-5-16(6-2-14)24-18(25)9-10-22/h1-8H,9,11-13H2,(H,23,26)(H,24,25). The SMILES string of the molecule is N#CCC(=O)Nc1ccc(C(=O)OCC(=O)NCCOc2ccc(Cl)cc2)cc1. The summed E-state index contributed by atoms with van der Waals surface area (Å²) < 4.78 is 10.4. The number of carbonyl (C=O) groups excluding carboxylic acids is 3. The van der Waals surface area contributed by atoms with Crippen molar-refractivity contribution in [3.05, 3.63) is 59.1 Å². The van der Waals surface area contributed by atoms with Crippen LogP contribution in [-0.2, 0) is 14.3 Å². The lowest BCUT2D eigenvalue weighted by Crippen LogP contribution is -2.32. The van der Waals surface area contributed by atoms with Gasteiger partial charge in [0.05, 0.1) is 18.2 Å². The van der Waals surface area contributed by atoms with Crippen LogP contribution in [0.25, 0.3) is 0 Å². The van der Waals surface area contributed by atoms with E-state index >= 15 is 0 Å². The molecule has 0 radical (unpaired) electrons. The average Bonchev–Trinajstić information content (AvgIpc) is 2.71. The van der Waals surface area contributed by atoms with Crippen LogP contribution >= 0.6 is 11.6 Å². The molecule has 150 valence electrons. The number of nitriles is 1. The number of esters is 1. The zero-order chi connectivity index (χ0) is 21.1. The van der Waals surface area contributed by atoms with Gasteiger partial charge >= 0.3 is 5.97 Å². The molecule has 8 nitrogen and oxygen atoms in total. The Hall–Kier alpha value is -3.57. The summed E-state index contributed by atoms with van der Waals surface area (Å²) >= 11 is 5.78. The molecular formula is C20H18ClN3O5. The van der Waals surface area contributed by atoms with E-state index in [2.05, 4.69) is 10.6 Å². The lowest BCUT2D eigenvalue weighted by molar-refractivity contribution is -0.124. The third-order valence-corrected chi connectivity index (χ3v) is 3.74. The van der Waals surface area contributed by atoms with E-state index in [-0.39, 0.29) is 25.1 Å². The van der Waals surface area contributed by atoms with Crippen molar-refractivity contribution in [1.29, 1.82) is 5.26 Å². The third-order valence-electron chi connectivity index (χ3n) is 3.48. The fraction of sp³-hybridized carbons (Fsp3) is 0.200. The molecular weight excluding hydrogens is 398 g/mol. The number of hydrogen-bond acceptors (Lipinski definition) is 6. The van der Waals surface area contributed by atoms with E-state index in [1.54, 1.807) is 30.3 Å². The summed E-state index contributed by atoms with van der Waals surface area (Å²) in [6.45, 7) is 0.0663. The van der Waals surface area contributed by atoms with Gasteiger partial charge in [-0.2, -0.15) is 5.26 Å². The van der Waals surface area contributed by atoms with Gasteiger partial charge < -0.3 is 20.1 Å². The van der Waals surface area contributed by atoms with Crippen molar-refractivity contribution in [2.45, 2.75) is 6.42 Å². The van der Waals surface area contributed by atoms with Crippen LogP contribution in [0.2, 0.25) is 5.02 Å². The summed E-state index contributed by atoms with van der Waals surface area (Å²) in [6, 6.07) is 14.5. The van der Waals surface area contributed by atoms with E-state index in [0.29, 0.717) is 16.5 Å². The number of rotatable bonds is 9. The molecule has 0 aliphatic carbocycles. The van der Waals surface area contributed by atoms with Crippen molar-refractivity contribution < 1.29 is 23.9 Å². The van der Waals surface area contributed by atoms with Gasteiger partial charge in [0.25, 0.3) is 5.91 Å². The maximum absolute atomic E-state index is 12.0. The van der Waals surface area contributed by atoms with Gasteiger partial charge in [0.15, 0.2) is 6.61 Å². The Kier molecular flexibility index (Phi) is 8.48. The zero-order valence-electron chi connectivity index (χ0n) is 15.3. The van der Waals surface area contributed by atoms with Gasteiger partial charge in [0.2, 0.25) is 5.91 Å². The number of carbonyl (C=O) groups is 3. The molecule has 0 aliphatic heterocycles. The Labute approximate surface area is 172 Å². The predicted molar refractivity (Wildman–Crippen MR) is 106 cm³/mol. The first-order chi connectivity index (χ1) is 14.0. The van der Waals surface area contributed by atoms with E-state index < -0.39 is 24.4 Å². The molecule has 2 aromatic carbocycles. The maximum atomic E-state index is 12.0. The minimum atomic E-state index is -0.674. The summed E-state index contributed by atoms with van der Waals surface area (Å²) in [6.07, 6.45) is -0.260. The molecule has 2 rings (SSSR count). The minimum absolute atomic E-state index is 0.224. The number of nitrogens with zero attached hydrogens (tertiary/aromatic N) is 1. The van der Waals surface area contributed by atoms with Gasteiger partial charge in [-0.15, -0.1) is 0 Å². The number of hydrogen-bond donors (Lipinski definition) is 2. The maximum Gasteiger partial charge on any atom is 0.338 e. The number of anilines is 1. The Balaban J connectivity index is 1.67. The summed E-state index contributed by atoms with van der Waals surface area (Å²) in [5.41, 5.74) is 0.669. The average molecular weight is 416 g/mol. The molecule has 2 aromatic rings. The monoisotopic (exact) mass is 415 g/mol. The Bertz CT molecular complexity index is 892. The smallest absolute Gasteiger partial charge is 0.338 e. The van der Waals surface area contributed by atoms with Crippen molar-refractivity contribution in [2.24, 2.45) is 0 Å². The van der Waals surface area contributed by atoms with Crippen LogP contribution in [0, 0.1) is 11.3 Å². The second-order valence-electron chi connectivity index (χ2n) is 5.69. The molecule has 0 unspecified atom stereocenters. The van der Waals surface area contributed by atoms with Crippen LogP contribution in [0.3, 0.4) is 0 Å². The number of nitrogens with one attached hydrogen (secondary N) is 2. The van der Waals surface area contributed by atoms with Gasteiger partial charge in [-0.1, -0.05) is 11.6 Å². The molecule has 2 amide bonds. The van der Waals surface area contributed by atoms with Crippen LogP contribution in [0.4, 0.5) is 5.69 Å². The zero-order valence-corrected chi connectivity index (χ0v) is 16.1. The van der Waals surface area contributed by atoms with Gasteiger partial charge in [0.1, 0.15) is 18.8 Å². The lowest BCUT2D eigenvalue weighted by Gasteiger charge is -2.09. The normalized spacial score (nSPS) is 9.79. The van der Waals surface area contributed by atoms with Crippen molar-refractivity contribution >= 4 is 35.1 Å². The first-order valence-corrected chi connectivity index (χ1v) is 8.95. The topological polar surface area (TPSA) is 118 Å². The summed E-state index contributed by atoms with van der Waals surface area (Å²) in [7, 11) is 0. The molecule has 0 heterocycles. The minimum Gasteiger partial charge on any atom is -0.492 e. The van der Waals surface area contributed by atoms with E-state index in [4.69, 9.17) is 26.3 Å². The fourth-order valence-corrected chi connectivity index (χ4v) is 2.25. The van der Waals surface area contributed by atoms with Gasteiger partial charge in [-0.3, -0.25) is 9.59 Å². The Morgan fingerprint density at radius 2 is 1.69 bits per heavy atom. The second-order valence-corrected chi connectivity index (χ2v) is 6.13. The molecule has 0 bridgehead atoms. The number of benzene rings is 2. The van der Waals surface area contributed by atoms with Crippen molar-refractivity contribution in [1.82, 2.24) is 5.32 Å². The first kappa shape index (κ1) is 21.7. The predicted octanol–water partition coefficient (Wildman–Crippen LogP) is 2.54. The highest BCUT2D eigenvalue weighted by Gasteiger charge is 2.10. The Morgan fingerprint density at radius 3 is 2.34 bits per heavy atom. The molecule has 9 heteroatoms. The van der Waals surface area contributed by atoms with Crippen molar-refractivity contribution in [2.75, 3.05) is 25.1 Å². The van der Waals surface area contributed by atoms with E-state index in [0.717, 1.165) is 0 Å². The number of amides is 2. The van der Waals surface area contributed by atoms with Gasteiger partial charge in [-0.25, -0.2) is 4.79 Å². The molecule has 2 N–H and O–H groups in total. The van der Waals surface area contributed by atoms with E-state index in [1.165, 1.54) is 24.3 Å². The molecule has 0 fully saturated rings. The summed E-state index contributed by atoms with van der Waals surface area (Å²) in [4.78, 5) is 35.0. The van der Waals surface area contributed by atoms with Crippen LogP contribution in [0.5, 0.6) is 5.75 Å². The highest BCUT2D eigenvalue weighted by molar-refractivity contribution is 6.30. The first-order valence-electron chi connectivity index (χ1n) is 8.57. The molecule has 0 aliphatic rings. The van der Waals surface area contributed by atoms with Gasteiger partial charge in [0, 0.05) is 10.7 Å². The quantitative estimate of drug-likeness (QED) is 0.480. The van der Waals surface area contributed by atoms with Gasteiger partial charge in [-0.05, 0) is 48.5 Å². The second kappa shape index (κ2) is 11.3. The fourth-order valence-electron chi connectivity index (χ4n) is 2.12. The third kappa shape index (κ3) is 7.91. The molecule has 0 saturated heterocycles. The molecule has 0 aromatic heterocycles. The highest BCUT2D eigenvalue weighted by atomic mass is 35.5. The highest BCUT2D eigenvalue weighted by Crippen LogP contribution is 2.15. The van der Waals surface area contributed by atoms with Crippen LogP contribution < -0.4 is 15.4 Å². The van der Waals surface area contributed by atoms with Crippen LogP contribution in [0.1, 0.15) is 16.8 Å². The van der Waals surface area contributed by atoms with E-state index in [1.807, 2.05) is 0 Å². The number of ether oxygens (including phenoxy) is 2. The van der Waals surface area contributed by atoms with Crippen molar-refractivity contribution in [3.63, 3.8) is 0 Å². The summed E-state index contributed by atoms with van der Waals surface area (Å²) in [5, 5.41) is 14.1. The lowest BCUT2D eigenvalue weighted by atomic mass is 10.2. The van der Waals surface area contributed by atoms with E-state index in [9.17, 15) is 14.4 Å². The van der Waals surface area contributed by atoms with Crippen LogP contribution in [-0.4, -0.2) is 37.5 Å². The molecule has 0 atom stereocenters. The van der Waals surface area contributed by atoms with Crippen molar-refractivity contribution in [3.8, 4) is 11.8 Å². The largest absolute Gasteiger partial charge is 0.492 e. The summed E-state index contributed by atoms with van der Waals surface area (Å²) in [5.74, 6) is -0.951. The Morgan fingerprint density at radius 1 is 1.00 bits per heavy atom. The molecule has 29 heavy (non-hydrogen) atoms. The molecule has 0 saturated carbocycles.